The molecule has 21 heavy (non-hydrogen) atoms. The number of rotatable bonds is 4. The van der Waals surface area contributed by atoms with Crippen LogP contribution in [-0.4, -0.2) is 28.2 Å². The Balaban J connectivity index is 1.57. The largest absolute Gasteiger partial charge is 0.431 e. The summed E-state index contributed by atoms with van der Waals surface area (Å²) in [5.74, 6) is -0.361. The van der Waals surface area contributed by atoms with Crippen LogP contribution in [0.5, 0.6) is 0 Å². The highest BCUT2D eigenvalue weighted by molar-refractivity contribution is 8.00. The van der Waals surface area contributed by atoms with Crippen LogP contribution in [0.4, 0.5) is 4.79 Å². The Labute approximate surface area is 125 Å². The number of carbonyl (C=O) groups excluding carboxylic acids is 2. The first kappa shape index (κ1) is 13.9. The number of carbonyl (C=O) groups is 2. The van der Waals surface area contributed by atoms with Gasteiger partial charge in [0, 0.05) is 6.04 Å². The molecule has 110 valence electrons. The number of oxazole rings is 1. The van der Waals surface area contributed by atoms with Crippen LogP contribution in [0.25, 0.3) is 11.1 Å². The van der Waals surface area contributed by atoms with Gasteiger partial charge in [-0.05, 0) is 31.9 Å². The molecule has 3 amide bonds. The van der Waals surface area contributed by atoms with E-state index < -0.39 is 11.3 Å². The van der Waals surface area contributed by atoms with Gasteiger partial charge in [-0.25, -0.2) is 9.78 Å². The zero-order valence-corrected chi connectivity index (χ0v) is 12.3. The Bertz CT molecular complexity index is 648. The summed E-state index contributed by atoms with van der Waals surface area (Å²) in [6.07, 6.45) is 1.96. The SMILES string of the molecule is CC(Sc1nc2ccccc2o1)C(=O)NC(=O)NC1CC1. The van der Waals surface area contributed by atoms with Gasteiger partial charge in [-0.2, -0.15) is 0 Å². The molecule has 1 aromatic heterocycles. The van der Waals surface area contributed by atoms with Crippen molar-refractivity contribution in [2.24, 2.45) is 0 Å². The van der Waals surface area contributed by atoms with Crippen molar-refractivity contribution in [3.05, 3.63) is 24.3 Å². The van der Waals surface area contributed by atoms with Crippen molar-refractivity contribution >= 4 is 34.8 Å². The number of hydrogen-bond acceptors (Lipinski definition) is 5. The number of thioether (sulfide) groups is 1. The van der Waals surface area contributed by atoms with E-state index >= 15 is 0 Å². The number of aromatic nitrogens is 1. The molecule has 2 aromatic rings. The third-order valence-electron chi connectivity index (χ3n) is 3.07. The summed E-state index contributed by atoms with van der Waals surface area (Å²) in [7, 11) is 0. The summed E-state index contributed by atoms with van der Waals surface area (Å²) < 4.78 is 5.54. The maximum atomic E-state index is 11.9. The number of hydrogen-bond donors (Lipinski definition) is 2. The monoisotopic (exact) mass is 305 g/mol. The van der Waals surface area contributed by atoms with Gasteiger partial charge in [0.05, 0.1) is 5.25 Å². The van der Waals surface area contributed by atoms with Crippen molar-refractivity contribution < 1.29 is 14.0 Å². The average molecular weight is 305 g/mol. The van der Waals surface area contributed by atoms with Crippen molar-refractivity contribution in [2.45, 2.75) is 36.3 Å². The molecule has 1 unspecified atom stereocenters. The van der Waals surface area contributed by atoms with Crippen molar-refractivity contribution in [2.75, 3.05) is 0 Å². The van der Waals surface area contributed by atoms with Crippen molar-refractivity contribution in [1.29, 1.82) is 0 Å². The van der Waals surface area contributed by atoms with Crippen molar-refractivity contribution in [3.8, 4) is 0 Å². The Morgan fingerprint density at radius 1 is 1.38 bits per heavy atom. The smallest absolute Gasteiger partial charge is 0.321 e. The Kier molecular flexibility index (Phi) is 3.83. The van der Waals surface area contributed by atoms with Gasteiger partial charge in [-0.1, -0.05) is 23.9 Å². The van der Waals surface area contributed by atoms with Gasteiger partial charge in [-0.3, -0.25) is 10.1 Å². The van der Waals surface area contributed by atoms with E-state index in [-0.39, 0.29) is 11.9 Å². The topological polar surface area (TPSA) is 84.2 Å². The van der Waals surface area contributed by atoms with Gasteiger partial charge in [0.2, 0.25) is 5.91 Å². The molecule has 2 N–H and O–H groups in total. The lowest BCUT2D eigenvalue weighted by Gasteiger charge is -2.09. The van der Waals surface area contributed by atoms with E-state index in [0.717, 1.165) is 18.4 Å². The van der Waals surface area contributed by atoms with Crippen LogP contribution in [0.2, 0.25) is 0 Å². The quantitative estimate of drug-likeness (QED) is 0.847. The number of benzene rings is 1. The maximum absolute atomic E-state index is 11.9. The lowest BCUT2D eigenvalue weighted by Crippen LogP contribution is -2.43. The molecule has 1 saturated carbocycles. The maximum Gasteiger partial charge on any atom is 0.321 e. The summed E-state index contributed by atoms with van der Waals surface area (Å²) in [5.41, 5.74) is 1.43. The minimum Gasteiger partial charge on any atom is -0.431 e. The summed E-state index contributed by atoms with van der Waals surface area (Å²) in [4.78, 5) is 27.7. The fraction of sp³-hybridized carbons (Fsp3) is 0.357. The van der Waals surface area contributed by atoms with Gasteiger partial charge in [0.1, 0.15) is 5.52 Å². The highest BCUT2D eigenvalue weighted by Gasteiger charge is 2.25. The second-order valence-electron chi connectivity index (χ2n) is 4.94. The van der Waals surface area contributed by atoms with Gasteiger partial charge < -0.3 is 9.73 Å². The van der Waals surface area contributed by atoms with Crippen LogP contribution in [0.15, 0.2) is 33.9 Å². The van der Waals surface area contributed by atoms with E-state index in [1.54, 1.807) is 6.92 Å². The van der Waals surface area contributed by atoms with E-state index in [1.807, 2.05) is 24.3 Å². The second-order valence-corrected chi connectivity index (χ2v) is 6.24. The lowest BCUT2D eigenvalue weighted by molar-refractivity contribution is -0.119. The van der Waals surface area contributed by atoms with Gasteiger partial charge in [-0.15, -0.1) is 0 Å². The number of nitrogens with one attached hydrogen (secondary N) is 2. The predicted octanol–water partition coefficient (Wildman–Crippen LogP) is 2.30. The Hall–Kier alpha value is -2.02. The lowest BCUT2D eigenvalue weighted by atomic mass is 10.3. The van der Waals surface area contributed by atoms with Gasteiger partial charge in [0.25, 0.3) is 5.22 Å². The first-order valence-corrected chi connectivity index (χ1v) is 7.63. The van der Waals surface area contributed by atoms with E-state index in [0.29, 0.717) is 10.8 Å². The number of para-hydroxylation sites is 2. The van der Waals surface area contributed by atoms with Crippen molar-refractivity contribution in [3.63, 3.8) is 0 Å². The zero-order chi connectivity index (χ0) is 14.8. The molecule has 1 heterocycles. The molecule has 0 aliphatic heterocycles. The second kappa shape index (κ2) is 5.77. The zero-order valence-electron chi connectivity index (χ0n) is 11.5. The standard InChI is InChI=1S/C14H15N3O3S/c1-8(12(18)17-13(19)15-9-6-7-9)21-14-16-10-4-2-3-5-11(10)20-14/h2-5,8-9H,6-7H2,1H3,(H2,15,17,18,19). The third-order valence-corrected chi connectivity index (χ3v) is 4.01. The molecule has 1 aliphatic rings. The Morgan fingerprint density at radius 2 is 2.14 bits per heavy atom. The highest BCUT2D eigenvalue weighted by Crippen LogP contribution is 2.26. The number of fused-ring (bicyclic) bond motifs is 1. The minimum atomic E-state index is -0.469. The van der Waals surface area contributed by atoms with E-state index in [4.69, 9.17) is 4.42 Å². The summed E-state index contributed by atoms with van der Waals surface area (Å²) in [6.45, 7) is 1.71. The summed E-state index contributed by atoms with van der Waals surface area (Å²) >= 11 is 1.18. The first-order chi connectivity index (χ1) is 10.1. The van der Waals surface area contributed by atoms with E-state index in [2.05, 4.69) is 15.6 Å². The van der Waals surface area contributed by atoms with Gasteiger partial charge in [0.15, 0.2) is 5.58 Å². The summed E-state index contributed by atoms with van der Waals surface area (Å²) in [5, 5.41) is 4.98. The average Bonchev–Trinajstić information content (AvgIpc) is 3.15. The summed E-state index contributed by atoms with van der Waals surface area (Å²) in [6, 6.07) is 7.18. The van der Waals surface area contributed by atoms with Gasteiger partial charge >= 0.3 is 6.03 Å². The number of nitrogens with zero attached hydrogens (tertiary/aromatic N) is 1. The molecule has 1 atom stereocenters. The molecule has 0 radical (unpaired) electrons. The number of imide groups is 1. The molecule has 0 spiro atoms. The molecular weight excluding hydrogens is 290 g/mol. The number of urea groups is 1. The first-order valence-electron chi connectivity index (χ1n) is 6.75. The van der Waals surface area contributed by atoms with Crippen LogP contribution >= 0.6 is 11.8 Å². The fourth-order valence-corrected chi connectivity index (χ4v) is 2.53. The fourth-order valence-electron chi connectivity index (χ4n) is 1.77. The van der Waals surface area contributed by atoms with Crippen LogP contribution in [0.1, 0.15) is 19.8 Å². The molecule has 0 bridgehead atoms. The molecule has 1 aliphatic carbocycles. The minimum absolute atomic E-state index is 0.220. The van der Waals surface area contributed by atoms with Crippen molar-refractivity contribution in [1.82, 2.24) is 15.6 Å². The molecule has 0 saturated heterocycles. The normalized spacial score (nSPS) is 15.7. The van der Waals surface area contributed by atoms with Crippen LogP contribution in [-0.2, 0) is 4.79 Å². The number of amides is 3. The van der Waals surface area contributed by atoms with Crippen LogP contribution in [0, 0.1) is 0 Å². The van der Waals surface area contributed by atoms with Crippen LogP contribution < -0.4 is 10.6 Å². The molecule has 3 rings (SSSR count). The Morgan fingerprint density at radius 3 is 2.86 bits per heavy atom. The predicted molar refractivity (Wildman–Crippen MR) is 79.0 cm³/mol. The highest BCUT2D eigenvalue weighted by atomic mass is 32.2. The molecular formula is C14H15N3O3S. The molecule has 6 nitrogen and oxygen atoms in total. The molecule has 7 heteroatoms. The van der Waals surface area contributed by atoms with Crippen LogP contribution in [0.3, 0.4) is 0 Å². The van der Waals surface area contributed by atoms with E-state index in [9.17, 15) is 9.59 Å². The molecule has 1 aromatic carbocycles. The van der Waals surface area contributed by atoms with E-state index in [1.165, 1.54) is 11.8 Å². The third kappa shape index (κ3) is 3.55. The molecule has 1 fully saturated rings.